The van der Waals surface area contributed by atoms with E-state index in [-0.39, 0.29) is 71.3 Å². The van der Waals surface area contributed by atoms with Gasteiger partial charge in [-0.2, -0.15) is 0 Å². The van der Waals surface area contributed by atoms with E-state index < -0.39 is 53.3 Å². The number of hydrogen-bond donors (Lipinski definition) is 6. The summed E-state index contributed by atoms with van der Waals surface area (Å²) in [7, 11) is 0. The van der Waals surface area contributed by atoms with Gasteiger partial charge in [0, 0.05) is 23.7 Å². The van der Waals surface area contributed by atoms with E-state index in [0.717, 1.165) is 0 Å². The van der Waals surface area contributed by atoms with Crippen LogP contribution in [-0.4, -0.2) is 54.5 Å². The van der Waals surface area contributed by atoms with Crippen LogP contribution < -0.4 is 20.7 Å². The molecule has 0 aromatic carbocycles. The molecule has 0 radical (unpaired) electrons. The van der Waals surface area contributed by atoms with Gasteiger partial charge < -0.3 is 51.2 Å². The molecule has 2 aromatic rings. The monoisotopic (exact) mass is 714 g/mol. The number of nitrogens with zero attached hydrogens (tertiary/aromatic N) is 4. The molecule has 6 N–H and O–H groups in total. The number of allylic oxidation sites excluding steroid dienone is 2. The number of aliphatic carboxylic acids is 4. The Morgan fingerprint density at radius 3 is 1.61 bits per heavy atom. The Bertz CT molecular complexity index is 2030. The van der Waals surface area contributed by atoms with Crippen molar-refractivity contribution in [3.05, 3.63) is 95.4 Å². The van der Waals surface area contributed by atoms with E-state index >= 15 is 0 Å². The number of fused-ring (bicyclic) bond motifs is 8. The fraction of sp³-hybridized carbons (Fsp3) is 0.353. The molecule has 15 heteroatoms. The largest absolute Gasteiger partial charge is 4.00 e. The van der Waals surface area contributed by atoms with Crippen molar-refractivity contribution in [1.82, 2.24) is 9.97 Å². The van der Waals surface area contributed by atoms with Crippen molar-refractivity contribution in [2.24, 2.45) is 10.8 Å². The first-order valence-electron chi connectivity index (χ1n) is 15.1. The second-order valence-electron chi connectivity index (χ2n) is 12.6. The predicted molar refractivity (Wildman–Crippen MR) is 171 cm³/mol. The molecule has 0 saturated carbocycles. The van der Waals surface area contributed by atoms with Crippen molar-refractivity contribution in [2.75, 3.05) is 0 Å². The molecule has 258 valence electrons. The quantitative estimate of drug-likeness (QED) is 0.194. The first-order valence-corrected chi connectivity index (χ1v) is 15.1. The molecule has 2 atom stereocenters. The number of aromatic nitrogens is 2. The van der Waals surface area contributed by atoms with E-state index in [4.69, 9.17) is 9.97 Å². The number of hydrogen-bond acceptors (Lipinski definition) is 6. The minimum Gasteiger partial charge on any atom is -0.658 e. The van der Waals surface area contributed by atoms with Gasteiger partial charge in [0.25, 0.3) is 0 Å². The van der Waals surface area contributed by atoms with Crippen molar-refractivity contribution >= 4 is 42.1 Å². The Labute approximate surface area is 290 Å². The van der Waals surface area contributed by atoms with Crippen LogP contribution >= 0.6 is 0 Å². The van der Waals surface area contributed by atoms with E-state index in [1.807, 2.05) is 0 Å². The topological polar surface area (TPSA) is 246 Å². The summed E-state index contributed by atoms with van der Waals surface area (Å²) in [4.78, 5) is 56.6. The van der Waals surface area contributed by atoms with Crippen LogP contribution in [0.5, 0.6) is 0 Å². The summed E-state index contributed by atoms with van der Waals surface area (Å²) < 4.78 is 0. The third-order valence-corrected chi connectivity index (χ3v) is 9.20. The van der Waals surface area contributed by atoms with Crippen molar-refractivity contribution in [3.8, 4) is 0 Å². The van der Waals surface area contributed by atoms with Gasteiger partial charge in [0.2, 0.25) is 0 Å². The molecule has 5 heterocycles. The minimum absolute atomic E-state index is 0. The van der Waals surface area contributed by atoms with Gasteiger partial charge in [0.05, 0.1) is 24.4 Å². The first-order chi connectivity index (χ1) is 22.4. The maximum Gasteiger partial charge on any atom is 4.00 e. The summed E-state index contributed by atoms with van der Waals surface area (Å²) in [5, 5.41) is 71.2. The molecular weight excluding hydrogens is 680 g/mol. The number of aliphatic hydroxyl groups is 2. The first kappa shape index (κ1) is 36.7. The fourth-order valence-corrected chi connectivity index (χ4v) is 6.35. The minimum atomic E-state index is -1.57. The SMILES string of the molecule is Cc1c2[n-]c(c1CCC(=O)O)/C=c1\[n-]/c(c(C)c1CCC(=O)O)=C\C1=C(O)[C@](C)(CC(=O)O)/C(=C/C3=C(O)[C@](C)(CC(=O)O)/C(=C/2)[N-]3)[N-]1.[Fe+4]. The van der Waals surface area contributed by atoms with Gasteiger partial charge in [-0.3, -0.25) is 19.2 Å². The summed E-state index contributed by atoms with van der Waals surface area (Å²) in [6.45, 7) is 6.43. The summed E-state index contributed by atoms with van der Waals surface area (Å²) in [5.74, 6) is -5.31. The Morgan fingerprint density at radius 2 is 1.10 bits per heavy atom. The molecule has 8 bridgehead atoms. The molecule has 0 saturated heterocycles. The number of carboxylic acids is 4. The molecule has 0 fully saturated rings. The smallest absolute Gasteiger partial charge is 0.658 e. The van der Waals surface area contributed by atoms with Crippen molar-refractivity contribution in [3.63, 3.8) is 0 Å². The third-order valence-electron chi connectivity index (χ3n) is 9.20. The van der Waals surface area contributed by atoms with Gasteiger partial charge >= 0.3 is 40.9 Å². The van der Waals surface area contributed by atoms with E-state index in [9.17, 15) is 49.8 Å². The molecule has 5 rings (SSSR count). The van der Waals surface area contributed by atoms with Gasteiger partial charge in [-0.05, 0) is 40.5 Å². The summed E-state index contributed by atoms with van der Waals surface area (Å²) in [6, 6.07) is 0. The predicted octanol–water partition coefficient (Wildman–Crippen LogP) is 3.37. The van der Waals surface area contributed by atoms with Gasteiger partial charge in [-0.15, -0.1) is 33.5 Å². The van der Waals surface area contributed by atoms with Crippen LogP contribution in [-0.2, 0) is 49.1 Å². The number of carboxylic acid groups (broad SMARTS) is 4. The molecule has 2 aromatic heterocycles. The average Bonchev–Trinajstić information content (AvgIpc) is 3.58. The zero-order valence-electron chi connectivity index (χ0n) is 27.0. The molecule has 49 heavy (non-hydrogen) atoms. The van der Waals surface area contributed by atoms with Gasteiger partial charge in [0.15, 0.2) is 0 Å². The molecular formula is C34H34FeN4O10. The second-order valence-corrected chi connectivity index (χ2v) is 12.6. The molecule has 3 aliphatic heterocycles. The molecule has 0 spiro atoms. The van der Waals surface area contributed by atoms with E-state index in [0.29, 0.717) is 44.3 Å². The number of carbonyl (C=O) groups is 4. The van der Waals surface area contributed by atoms with Crippen LogP contribution in [0.3, 0.4) is 0 Å². The van der Waals surface area contributed by atoms with Crippen molar-refractivity contribution in [1.29, 1.82) is 0 Å². The average molecular weight is 715 g/mol. The number of rotatable bonds is 10. The van der Waals surface area contributed by atoms with E-state index in [2.05, 4.69) is 10.6 Å². The van der Waals surface area contributed by atoms with E-state index in [1.54, 1.807) is 19.9 Å². The zero-order valence-corrected chi connectivity index (χ0v) is 28.1. The van der Waals surface area contributed by atoms with Crippen LogP contribution in [0.4, 0.5) is 0 Å². The Morgan fingerprint density at radius 1 is 0.612 bits per heavy atom. The molecule has 14 nitrogen and oxygen atoms in total. The summed E-state index contributed by atoms with van der Waals surface area (Å²) in [6.07, 6.45) is 4.54. The van der Waals surface area contributed by atoms with Crippen molar-refractivity contribution in [2.45, 2.75) is 66.2 Å². The Hall–Kier alpha value is -5.14. The van der Waals surface area contributed by atoms with Crippen LogP contribution in [0, 0.1) is 24.7 Å². The van der Waals surface area contributed by atoms with Gasteiger partial charge in [0.1, 0.15) is 0 Å². The summed E-state index contributed by atoms with van der Waals surface area (Å²) >= 11 is 0. The normalized spacial score (nSPS) is 24.6. The number of aliphatic hydroxyl groups excluding tert-OH is 2. The van der Waals surface area contributed by atoms with Crippen LogP contribution in [0.25, 0.3) is 28.9 Å². The molecule has 0 aliphatic carbocycles. The van der Waals surface area contributed by atoms with Crippen molar-refractivity contribution < 1.29 is 66.9 Å². The van der Waals surface area contributed by atoms with Gasteiger partial charge in [-0.1, -0.05) is 58.0 Å². The van der Waals surface area contributed by atoms with Crippen LogP contribution in [0.1, 0.15) is 73.2 Å². The fourth-order valence-electron chi connectivity index (χ4n) is 6.35. The van der Waals surface area contributed by atoms with Gasteiger partial charge in [-0.25, -0.2) is 0 Å². The zero-order chi connectivity index (χ0) is 35.3. The third kappa shape index (κ3) is 6.76. The van der Waals surface area contributed by atoms with E-state index in [1.165, 1.54) is 32.1 Å². The standard InChI is InChI=1S/C34H34N4O10.Fe/c1-15-17(5-7-27(39)40)21-10-22-18(6-8-28(41)42)16(2)20(36-22)11-25-33(3,13-29(43)44)32(48)24(38-25)12-26-34(4,14-30(45)46)31(47)23(37-26)9-19(15)35-21;/h9-12,47-48H,5-8,13-14H2,1-4H3,(H,39,40)(H,41,42)(H,43,44)(H,45,46);/q-4;+4/b19-9-,21-10-,25-11-,26-12-;/t33-,34-;/m1./s1. The maximum atomic E-state index is 12.0. The second kappa shape index (κ2) is 13.4. The summed E-state index contributed by atoms with van der Waals surface area (Å²) in [5.41, 5.74) is 0.0460. The Kier molecular flexibility index (Phi) is 10.0. The van der Waals surface area contributed by atoms with Crippen LogP contribution in [0.15, 0.2) is 40.4 Å². The molecule has 0 unspecified atom stereocenters. The molecule has 0 amide bonds. The van der Waals surface area contributed by atoms with Crippen LogP contribution in [0.2, 0.25) is 0 Å². The molecule has 3 aliphatic rings. The Balaban J connectivity index is 0.00000541. The maximum absolute atomic E-state index is 12.0.